The molecule has 10 heteroatoms. The van der Waals surface area contributed by atoms with E-state index in [1.54, 1.807) is 6.92 Å². The molecule has 0 aliphatic rings. The van der Waals surface area contributed by atoms with Crippen molar-refractivity contribution in [1.82, 2.24) is 0 Å². The molecule has 0 atom stereocenters. The number of hydrogen-bond donors (Lipinski definition) is 0. The Labute approximate surface area is 252 Å². The van der Waals surface area contributed by atoms with Crippen LogP contribution in [0.4, 0.5) is 0 Å². The molecule has 0 spiro atoms. The van der Waals surface area contributed by atoms with Crippen molar-refractivity contribution in [2.24, 2.45) is 0 Å². The zero-order valence-electron chi connectivity index (χ0n) is 24.5. The number of carbonyl (C=O) groups is 3. The minimum Gasteiger partial charge on any atom is -0.550 e. The van der Waals surface area contributed by atoms with E-state index in [2.05, 4.69) is 52.1 Å². The van der Waals surface area contributed by atoms with E-state index in [1.807, 2.05) is 60.7 Å². The second kappa shape index (κ2) is 20.9. The molecule has 2 rings (SSSR count). The fourth-order valence-electron chi connectivity index (χ4n) is 3.30. The Morgan fingerprint density at radius 3 is 1.28 bits per heavy atom. The van der Waals surface area contributed by atoms with Gasteiger partial charge in [-0.2, -0.15) is 6.08 Å². The average molecular weight is 772 g/mol. The van der Waals surface area contributed by atoms with Gasteiger partial charge in [-0.25, -0.2) is 5.20 Å². The van der Waals surface area contributed by atoms with Gasteiger partial charge in [-0.3, -0.25) is 9.59 Å². The van der Waals surface area contributed by atoms with Crippen molar-refractivity contribution in [3.63, 3.8) is 0 Å². The Morgan fingerprint density at radius 1 is 0.641 bits per heavy atom. The van der Waals surface area contributed by atoms with Gasteiger partial charge in [0.15, 0.2) is 5.97 Å². The summed E-state index contributed by atoms with van der Waals surface area (Å²) in [6.07, 6.45) is 5.27. The summed E-state index contributed by atoms with van der Waals surface area (Å²) in [6.45, 7) is 15.3. The molecule has 2 aromatic carbocycles. The Kier molecular flexibility index (Phi) is 21.1. The van der Waals surface area contributed by atoms with Crippen molar-refractivity contribution < 1.29 is 49.7 Å². The van der Waals surface area contributed by atoms with Crippen molar-refractivity contribution in [2.45, 2.75) is 6.92 Å². The maximum Gasteiger partial charge on any atom is 2.00 e. The molecule has 0 heterocycles. The third-order valence-electron chi connectivity index (χ3n) is 4.63. The quantitative estimate of drug-likeness (QED) is 0.107. The van der Waals surface area contributed by atoms with Crippen LogP contribution in [-0.4, -0.2) is 87.3 Å². The van der Waals surface area contributed by atoms with E-state index in [-0.39, 0.29) is 42.1 Å². The van der Waals surface area contributed by atoms with Crippen molar-refractivity contribution in [3.8, 4) is 0 Å². The summed E-state index contributed by atoms with van der Waals surface area (Å²) in [5.74, 6) is -2.27. The smallest absolute Gasteiger partial charge is 0.550 e. The molecule has 2 aromatic rings. The topological polar surface area (TPSA) is 78.9 Å². The van der Waals surface area contributed by atoms with Gasteiger partial charge in [-0.1, -0.05) is 78.0 Å². The summed E-state index contributed by atoms with van der Waals surface area (Å²) in [6, 6.07) is 18.3. The van der Waals surface area contributed by atoms with Crippen LogP contribution in [0.15, 0.2) is 71.1 Å². The van der Waals surface area contributed by atoms with E-state index in [4.69, 9.17) is 14.2 Å². The first-order valence-electron chi connectivity index (χ1n) is 12.0. The van der Waals surface area contributed by atoms with E-state index in [9.17, 15) is 14.4 Å². The van der Waals surface area contributed by atoms with Gasteiger partial charge in [0.05, 0.1) is 21.3 Å². The summed E-state index contributed by atoms with van der Waals surface area (Å²) in [5, 5.41) is 1.91. The zero-order valence-corrected chi connectivity index (χ0v) is 29.8. The van der Waals surface area contributed by atoms with Crippen LogP contribution in [-0.2, 0) is 49.7 Å². The number of benzene rings is 2. The predicted molar refractivity (Wildman–Crippen MR) is 165 cm³/mol. The Hall–Kier alpha value is -1.90. The van der Waals surface area contributed by atoms with Gasteiger partial charge in [-0.15, -0.1) is 5.20 Å². The number of carbonyl (C=O) groups excluding carboxylic acids is 3. The van der Waals surface area contributed by atoms with E-state index in [0.717, 1.165) is 10.4 Å². The van der Waals surface area contributed by atoms with Crippen molar-refractivity contribution in [1.29, 1.82) is 0 Å². The van der Waals surface area contributed by atoms with E-state index in [1.165, 1.54) is 21.3 Å². The number of ether oxygens (including phenoxy) is 3. The molecular formula is C29H42O6P2PtSi+2. The maximum atomic E-state index is 13.0. The fourth-order valence-corrected chi connectivity index (χ4v) is 7.83. The molecular weight excluding hydrogens is 729 g/mol. The molecule has 0 saturated heterocycles. The van der Waals surface area contributed by atoms with E-state index >= 15 is 0 Å². The second-order valence-electron chi connectivity index (χ2n) is 9.21. The van der Waals surface area contributed by atoms with Crippen molar-refractivity contribution in [3.05, 3.63) is 83.2 Å². The number of esters is 3. The van der Waals surface area contributed by atoms with Crippen LogP contribution in [0.25, 0.3) is 0 Å². The number of allylic oxidation sites excluding steroid dienone is 1. The summed E-state index contributed by atoms with van der Waals surface area (Å²) >= 11 is 0. The molecule has 0 aliphatic heterocycles. The molecule has 0 radical (unpaired) electrons. The monoisotopic (exact) mass is 771 g/mol. The van der Waals surface area contributed by atoms with E-state index in [0.29, 0.717) is 5.20 Å². The van der Waals surface area contributed by atoms with Crippen LogP contribution < -0.4 is 10.4 Å². The number of rotatable bonds is 7. The largest absolute Gasteiger partial charge is 2.00 e. The van der Waals surface area contributed by atoms with E-state index < -0.39 is 26.0 Å². The molecule has 0 fully saturated rings. The van der Waals surface area contributed by atoms with Gasteiger partial charge in [-0.05, 0) is 15.8 Å². The normalized spacial score (nSPS) is 11.2. The summed E-state index contributed by atoms with van der Waals surface area (Å²) in [5.41, 5.74) is 0. The van der Waals surface area contributed by atoms with Crippen LogP contribution in [0.1, 0.15) is 6.92 Å². The van der Waals surface area contributed by atoms with Gasteiger partial charge in [0, 0.05) is 40.0 Å². The number of methoxy groups -OCH3 is 3. The molecule has 0 amide bonds. The first kappa shape index (κ1) is 39.2. The first-order valence-corrected chi connectivity index (χ1v) is 20.0. The minimum atomic E-state index is -3.49. The van der Waals surface area contributed by atoms with Gasteiger partial charge >= 0.3 is 21.1 Å². The van der Waals surface area contributed by atoms with Crippen LogP contribution in [0.3, 0.4) is 0 Å². The molecule has 0 unspecified atom stereocenters. The molecule has 0 aromatic heterocycles. The molecule has 6 nitrogen and oxygen atoms in total. The first-order chi connectivity index (χ1) is 17.9. The van der Waals surface area contributed by atoms with Crippen molar-refractivity contribution >= 4 is 52.2 Å². The summed E-state index contributed by atoms with van der Waals surface area (Å²) < 4.78 is 14.5. The predicted octanol–water partition coefficient (Wildman–Crippen LogP) is 3.50. The van der Waals surface area contributed by atoms with Crippen LogP contribution >= 0.6 is 15.8 Å². The molecule has 216 valence electrons. The number of hydrogen-bond acceptors (Lipinski definition) is 6. The van der Waals surface area contributed by atoms with Gasteiger partial charge in [0.25, 0.3) is 0 Å². The molecule has 0 N–H and O–H groups in total. The van der Waals surface area contributed by atoms with Gasteiger partial charge in [0.1, 0.15) is 14.0 Å². The average Bonchev–Trinajstić information content (AvgIpc) is 2.88. The second-order valence-corrected chi connectivity index (χ2v) is 19.1. The Morgan fingerprint density at radius 2 is 0.974 bits per heavy atom. The van der Waals surface area contributed by atoms with Crippen LogP contribution in [0.5, 0.6) is 0 Å². The SMILES string of the molecule is COC(=O)[C-]=C(C)[Si](C(=[C-]C(=O)OC)C(=O)OC)(c1ccccc1)c1ccccc1.C[PH+](C)C.C[PH+](C)C.[Pt+2]. The summed E-state index contributed by atoms with van der Waals surface area (Å²) in [4.78, 5) is 37.3. The molecule has 0 aliphatic carbocycles. The molecule has 0 saturated carbocycles. The van der Waals surface area contributed by atoms with Gasteiger partial charge < -0.3 is 25.1 Å². The van der Waals surface area contributed by atoms with Crippen molar-refractivity contribution in [2.75, 3.05) is 61.3 Å². The molecule has 39 heavy (non-hydrogen) atoms. The minimum absolute atomic E-state index is 0. The standard InChI is InChI=1S/C23H22O6Si.2C3H9P.Pt/c1-17(15-21(24)27-2)30(18-11-7-5-8-12-18,19-13-9-6-10-14-19)20(23(26)29-4)16-22(25)28-3;2*1-4(2)3;/h5-14H,1-4H3;2*1-3H3;/q-2;;;+2/p+2. The third-order valence-corrected chi connectivity index (χ3v) is 9.36. The van der Waals surface area contributed by atoms with Gasteiger partial charge in [0.2, 0.25) is 5.97 Å². The van der Waals surface area contributed by atoms with Crippen LogP contribution in [0, 0.1) is 12.2 Å². The fraction of sp³-hybridized carbons (Fsp3) is 0.345. The molecule has 0 bridgehead atoms. The Balaban J connectivity index is 0. The zero-order chi connectivity index (χ0) is 29.3. The van der Waals surface area contributed by atoms with Crippen LogP contribution in [0.2, 0.25) is 0 Å². The third kappa shape index (κ3) is 13.3. The maximum absolute atomic E-state index is 13.0. The Bertz CT molecular complexity index is 1020. The summed E-state index contributed by atoms with van der Waals surface area (Å²) in [7, 11) is 0.415.